The summed E-state index contributed by atoms with van der Waals surface area (Å²) in [7, 11) is 0. The van der Waals surface area contributed by atoms with Gasteiger partial charge in [0.05, 0.1) is 5.02 Å². The summed E-state index contributed by atoms with van der Waals surface area (Å²) in [6.45, 7) is 3.27. The molecule has 1 saturated carbocycles. The van der Waals surface area contributed by atoms with E-state index in [0.717, 1.165) is 30.6 Å². The normalized spacial score (nSPS) is 20.6. The van der Waals surface area contributed by atoms with Gasteiger partial charge in [-0.2, -0.15) is 0 Å². The molecule has 3 nitrogen and oxygen atoms in total. The molecule has 0 amide bonds. The lowest BCUT2D eigenvalue weighted by Crippen LogP contribution is -2.34. The molecular weight excluding hydrogens is 262 g/mol. The Kier molecular flexibility index (Phi) is 3.35. The van der Waals surface area contributed by atoms with Gasteiger partial charge in [0.25, 0.3) is 0 Å². The van der Waals surface area contributed by atoms with E-state index >= 15 is 0 Å². The minimum atomic E-state index is -0.245. The van der Waals surface area contributed by atoms with Gasteiger partial charge in [0.15, 0.2) is 11.5 Å². The van der Waals surface area contributed by atoms with Gasteiger partial charge < -0.3 is 15.2 Å². The Labute approximate surface area is 119 Å². The number of benzene rings is 1. The highest BCUT2D eigenvalue weighted by Gasteiger charge is 2.36. The molecule has 2 N–H and O–H groups in total. The third kappa shape index (κ3) is 2.09. The predicted molar refractivity (Wildman–Crippen MR) is 76.2 cm³/mol. The zero-order valence-corrected chi connectivity index (χ0v) is 12.1. The Morgan fingerprint density at radius 1 is 1.21 bits per heavy atom. The van der Waals surface area contributed by atoms with E-state index in [9.17, 15) is 0 Å². The van der Waals surface area contributed by atoms with Crippen LogP contribution in [0.1, 0.15) is 43.7 Å². The van der Waals surface area contributed by atoms with Gasteiger partial charge in [-0.15, -0.1) is 0 Å². The fourth-order valence-electron chi connectivity index (χ4n) is 3.29. The zero-order valence-electron chi connectivity index (χ0n) is 11.3. The van der Waals surface area contributed by atoms with Gasteiger partial charge in [0.1, 0.15) is 13.2 Å². The molecule has 1 fully saturated rings. The topological polar surface area (TPSA) is 44.5 Å². The van der Waals surface area contributed by atoms with Crippen molar-refractivity contribution in [2.45, 2.75) is 44.6 Å². The predicted octanol–water partition coefficient (Wildman–Crippen LogP) is 3.40. The third-order valence-corrected chi connectivity index (χ3v) is 4.54. The Morgan fingerprint density at radius 2 is 1.84 bits per heavy atom. The van der Waals surface area contributed by atoms with E-state index in [0.29, 0.717) is 24.0 Å². The van der Waals surface area contributed by atoms with Gasteiger partial charge in [-0.1, -0.05) is 31.4 Å². The first kappa shape index (κ1) is 13.1. The molecule has 1 aromatic rings. The first-order valence-corrected chi connectivity index (χ1v) is 7.44. The second-order valence-electron chi connectivity index (χ2n) is 5.46. The van der Waals surface area contributed by atoms with Crippen LogP contribution < -0.4 is 15.2 Å². The number of hydrogen-bond donors (Lipinski definition) is 1. The van der Waals surface area contributed by atoms with Crippen molar-refractivity contribution >= 4 is 11.6 Å². The fourth-order valence-corrected chi connectivity index (χ4v) is 3.54. The molecule has 0 saturated heterocycles. The number of nitrogens with two attached hydrogens (primary N) is 1. The molecule has 0 atom stereocenters. The molecule has 0 radical (unpaired) electrons. The van der Waals surface area contributed by atoms with Crippen LogP contribution in [0.25, 0.3) is 0 Å². The molecular formula is C15H20ClNO2. The molecule has 2 aliphatic rings. The molecule has 19 heavy (non-hydrogen) atoms. The Balaban J connectivity index is 2.16. The lowest BCUT2D eigenvalue weighted by atomic mass is 9.84. The largest absolute Gasteiger partial charge is 0.486 e. The first-order valence-electron chi connectivity index (χ1n) is 7.06. The van der Waals surface area contributed by atoms with E-state index < -0.39 is 0 Å². The van der Waals surface area contributed by atoms with Gasteiger partial charge in [-0.3, -0.25) is 0 Å². The van der Waals surface area contributed by atoms with Crippen molar-refractivity contribution in [1.82, 2.24) is 0 Å². The van der Waals surface area contributed by atoms with Crippen molar-refractivity contribution in [2.24, 2.45) is 5.73 Å². The summed E-state index contributed by atoms with van der Waals surface area (Å²) in [6, 6.07) is 2.00. The van der Waals surface area contributed by atoms with Crippen molar-refractivity contribution in [3.05, 3.63) is 22.2 Å². The van der Waals surface area contributed by atoms with Crippen LogP contribution in [0.4, 0.5) is 0 Å². The summed E-state index contributed by atoms with van der Waals surface area (Å²) in [4.78, 5) is 0. The molecule has 1 aliphatic heterocycles. The highest BCUT2D eigenvalue weighted by molar-refractivity contribution is 6.32. The maximum absolute atomic E-state index is 6.60. The SMILES string of the molecule is CCc1c(C2(N)CCCC2)cc(Cl)c2c1OCCO2. The molecule has 3 rings (SSSR count). The molecule has 4 heteroatoms. The lowest BCUT2D eigenvalue weighted by molar-refractivity contribution is 0.169. The van der Waals surface area contributed by atoms with Gasteiger partial charge in [0, 0.05) is 11.1 Å². The number of fused-ring (bicyclic) bond motifs is 1. The van der Waals surface area contributed by atoms with Crippen LogP contribution >= 0.6 is 11.6 Å². The lowest BCUT2D eigenvalue weighted by Gasteiger charge is -2.31. The van der Waals surface area contributed by atoms with E-state index in [2.05, 4.69) is 6.92 Å². The monoisotopic (exact) mass is 281 g/mol. The number of hydrogen-bond acceptors (Lipinski definition) is 3. The summed E-state index contributed by atoms with van der Waals surface area (Å²) in [5, 5.41) is 0.624. The quantitative estimate of drug-likeness (QED) is 0.904. The Bertz CT molecular complexity index is 495. The molecule has 0 aromatic heterocycles. The molecule has 0 spiro atoms. The van der Waals surface area contributed by atoms with Crippen LogP contribution in [-0.4, -0.2) is 13.2 Å². The molecule has 0 bridgehead atoms. The molecule has 1 aromatic carbocycles. The van der Waals surface area contributed by atoms with Crippen molar-refractivity contribution in [3.8, 4) is 11.5 Å². The Hall–Kier alpha value is -0.930. The van der Waals surface area contributed by atoms with Crippen LogP contribution in [0, 0.1) is 0 Å². The van der Waals surface area contributed by atoms with Crippen LogP contribution in [0.3, 0.4) is 0 Å². The molecule has 1 aliphatic carbocycles. The van der Waals surface area contributed by atoms with Crippen molar-refractivity contribution in [3.63, 3.8) is 0 Å². The second kappa shape index (κ2) is 4.88. The van der Waals surface area contributed by atoms with Crippen molar-refractivity contribution < 1.29 is 9.47 Å². The minimum absolute atomic E-state index is 0.245. The highest BCUT2D eigenvalue weighted by atomic mass is 35.5. The number of halogens is 1. The van der Waals surface area contributed by atoms with Crippen LogP contribution in [0.2, 0.25) is 5.02 Å². The van der Waals surface area contributed by atoms with E-state index in [1.165, 1.54) is 18.4 Å². The average molecular weight is 282 g/mol. The van der Waals surface area contributed by atoms with Gasteiger partial charge in [-0.25, -0.2) is 0 Å². The van der Waals surface area contributed by atoms with Crippen molar-refractivity contribution in [2.75, 3.05) is 13.2 Å². The van der Waals surface area contributed by atoms with Crippen LogP contribution in [-0.2, 0) is 12.0 Å². The summed E-state index contributed by atoms with van der Waals surface area (Å²) in [5.41, 5.74) is 8.68. The average Bonchev–Trinajstić information content (AvgIpc) is 2.87. The van der Waals surface area contributed by atoms with E-state index in [-0.39, 0.29) is 5.54 Å². The summed E-state index contributed by atoms with van der Waals surface area (Å²) < 4.78 is 11.5. The van der Waals surface area contributed by atoms with Crippen LogP contribution in [0.5, 0.6) is 11.5 Å². The van der Waals surface area contributed by atoms with Gasteiger partial charge in [-0.05, 0) is 30.9 Å². The van der Waals surface area contributed by atoms with Crippen molar-refractivity contribution in [1.29, 1.82) is 0 Å². The fraction of sp³-hybridized carbons (Fsp3) is 0.600. The minimum Gasteiger partial charge on any atom is -0.486 e. The van der Waals surface area contributed by atoms with Crippen LogP contribution in [0.15, 0.2) is 6.07 Å². The summed E-state index contributed by atoms with van der Waals surface area (Å²) in [6.07, 6.45) is 5.31. The highest BCUT2D eigenvalue weighted by Crippen LogP contribution is 2.47. The smallest absolute Gasteiger partial charge is 0.180 e. The number of ether oxygens (including phenoxy) is 2. The number of rotatable bonds is 2. The molecule has 1 heterocycles. The Morgan fingerprint density at radius 3 is 2.47 bits per heavy atom. The summed E-state index contributed by atoms with van der Waals surface area (Å²) >= 11 is 6.36. The molecule has 0 unspecified atom stereocenters. The zero-order chi connectivity index (χ0) is 13.5. The van der Waals surface area contributed by atoms with Gasteiger partial charge in [0.2, 0.25) is 0 Å². The molecule has 104 valence electrons. The van der Waals surface area contributed by atoms with E-state index in [1.54, 1.807) is 0 Å². The third-order valence-electron chi connectivity index (χ3n) is 4.26. The standard InChI is InChI=1S/C15H20ClNO2/c1-2-10-11(15(17)5-3-4-6-15)9-12(16)14-13(10)18-7-8-19-14/h9H,2-8,17H2,1H3. The van der Waals surface area contributed by atoms with E-state index in [1.807, 2.05) is 6.07 Å². The summed E-state index contributed by atoms with van der Waals surface area (Å²) in [5.74, 6) is 1.50. The van der Waals surface area contributed by atoms with Gasteiger partial charge >= 0.3 is 0 Å². The van der Waals surface area contributed by atoms with E-state index in [4.69, 9.17) is 26.8 Å². The maximum atomic E-state index is 6.60. The second-order valence-corrected chi connectivity index (χ2v) is 5.86. The maximum Gasteiger partial charge on any atom is 0.180 e. The first-order chi connectivity index (χ1) is 9.15.